The number of hydrogen-bond donors (Lipinski definition) is 1. The summed E-state index contributed by atoms with van der Waals surface area (Å²) in [6, 6.07) is 1.79. The van der Waals surface area contributed by atoms with Gasteiger partial charge in [0.25, 0.3) is 0 Å². The summed E-state index contributed by atoms with van der Waals surface area (Å²) in [6.07, 6.45) is 2.49. The second-order valence-electron chi connectivity index (χ2n) is 4.71. The largest absolute Gasteiger partial charge is 0.308 e. The monoisotopic (exact) mass is 385 g/mol. The van der Waals surface area contributed by atoms with Gasteiger partial charge in [0.15, 0.2) is 9.84 Å². The topological polar surface area (TPSA) is 46.2 Å². The molecule has 0 amide bonds. The lowest BCUT2D eigenvalue weighted by Crippen LogP contribution is -2.40. The molecule has 3 nitrogen and oxygen atoms in total. The summed E-state index contributed by atoms with van der Waals surface area (Å²) in [5.41, 5.74) is 0. The summed E-state index contributed by atoms with van der Waals surface area (Å²) in [6.45, 7) is 2.73. The lowest BCUT2D eigenvalue weighted by atomic mass is 10.1. The molecule has 1 aliphatic heterocycles. The van der Waals surface area contributed by atoms with Gasteiger partial charge in [0.05, 0.1) is 17.0 Å². The Bertz CT molecular complexity index is 524. The summed E-state index contributed by atoms with van der Waals surface area (Å²) in [5, 5.41) is 2.99. The molecule has 0 spiro atoms. The number of sulfone groups is 1. The number of halogens is 2. The minimum atomic E-state index is -3.01. The van der Waals surface area contributed by atoms with Crippen LogP contribution in [0.3, 0.4) is 0 Å². The van der Waals surface area contributed by atoms with Crippen molar-refractivity contribution in [3.8, 4) is 0 Å². The maximum atomic E-state index is 12.3. The van der Waals surface area contributed by atoms with Crippen LogP contribution in [0.2, 0.25) is 4.34 Å². The van der Waals surface area contributed by atoms with E-state index in [0.717, 1.165) is 35.2 Å². The fourth-order valence-electron chi connectivity index (χ4n) is 2.51. The van der Waals surface area contributed by atoms with Crippen LogP contribution in [0.5, 0.6) is 0 Å². The zero-order valence-electron chi connectivity index (χ0n) is 10.7. The zero-order valence-corrected chi connectivity index (χ0v) is 14.6. The minimum Gasteiger partial charge on any atom is -0.308 e. The van der Waals surface area contributed by atoms with Gasteiger partial charge in [0, 0.05) is 9.35 Å². The third kappa shape index (κ3) is 3.53. The third-order valence-corrected chi connectivity index (χ3v) is 8.24. The van der Waals surface area contributed by atoms with Crippen molar-refractivity contribution in [3.05, 3.63) is 19.8 Å². The molecule has 0 bridgehead atoms. The van der Waals surface area contributed by atoms with E-state index in [9.17, 15) is 8.42 Å². The van der Waals surface area contributed by atoms with Crippen molar-refractivity contribution >= 4 is 48.7 Å². The van der Waals surface area contributed by atoms with Crippen molar-refractivity contribution in [1.82, 2.24) is 5.32 Å². The predicted molar refractivity (Wildman–Crippen MR) is 84.9 cm³/mol. The van der Waals surface area contributed by atoms with Crippen molar-refractivity contribution in [2.75, 3.05) is 12.3 Å². The van der Waals surface area contributed by atoms with E-state index in [1.54, 1.807) is 0 Å². The maximum absolute atomic E-state index is 12.3. The van der Waals surface area contributed by atoms with Crippen molar-refractivity contribution in [3.63, 3.8) is 0 Å². The Kier molecular flexibility index (Phi) is 5.34. The van der Waals surface area contributed by atoms with Gasteiger partial charge in [-0.05, 0) is 41.4 Å². The van der Waals surface area contributed by atoms with Gasteiger partial charge in [-0.1, -0.05) is 24.9 Å². The van der Waals surface area contributed by atoms with Crippen LogP contribution in [0.15, 0.2) is 10.5 Å². The summed E-state index contributed by atoms with van der Waals surface area (Å²) in [5.74, 6) is 0.305. The van der Waals surface area contributed by atoms with E-state index >= 15 is 0 Å². The first-order valence-corrected chi connectivity index (χ1v) is 10.1. The number of thiophene rings is 1. The zero-order chi connectivity index (χ0) is 14.0. The second kappa shape index (κ2) is 6.43. The van der Waals surface area contributed by atoms with Crippen LogP contribution >= 0.6 is 38.9 Å². The third-order valence-electron chi connectivity index (χ3n) is 3.40. The lowest BCUT2D eigenvalue weighted by Gasteiger charge is -2.30. The van der Waals surface area contributed by atoms with Crippen LogP contribution in [0.1, 0.15) is 37.1 Å². The quantitative estimate of drug-likeness (QED) is 0.856. The molecule has 0 aliphatic carbocycles. The molecule has 2 rings (SSSR count). The summed E-state index contributed by atoms with van der Waals surface area (Å²) in [7, 11) is -3.01. The summed E-state index contributed by atoms with van der Waals surface area (Å²) >= 11 is 10.9. The molecule has 1 aromatic rings. The fraction of sp³-hybridized carbons (Fsp3) is 0.667. The van der Waals surface area contributed by atoms with Crippen LogP contribution in [0.4, 0.5) is 0 Å². The van der Waals surface area contributed by atoms with E-state index in [-0.39, 0.29) is 11.3 Å². The molecule has 7 heteroatoms. The molecular formula is C12H17BrClNO2S2. The molecule has 1 aromatic heterocycles. The second-order valence-corrected chi connectivity index (χ2v) is 9.59. The molecule has 1 aliphatic rings. The van der Waals surface area contributed by atoms with Gasteiger partial charge in [0.2, 0.25) is 0 Å². The Morgan fingerprint density at radius 2 is 2.32 bits per heavy atom. The number of rotatable bonds is 4. The predicted octanol–water partition coefficient (Wildman–Crippen LogP) is 3.78. The molecule has 0 aromatic carbocycles. The Morgan fingerprint density at radius 1 is 1.58 bits per heavy atom. The molecule has 2 atom stereocenters. The van der Waals surface area contributed by atoms with Crippen molar-refractivity contribution in [2.45, 2.75) is 37.5 Å². The first-order chi connectivity index (χ1) is 8.95. The lowest BCUT2D eigenvalue weighted by molar-refractivity contribution is 0.458. The maximum Gasteiger partial charge on any atom is 0.155 e. The van der Waals surface area contributed by atoms with E-state index < -0.39 is 9.84 Å². The van der Waals surface area contributed by atoms with Gasteiger partial charge in [-0.15, -0.1) is 11.3 Å². The molecule has 2 unspecified atom stereocenters. The molecule has 1 saturated heterocycles. The highest BCUT2D eigenvalue weighted by molar-refractivity contribution is 9.10. The normalized spacial score (nSPS) is 24.3. The van der Waals surface area contributed by atoms with Crippen LogP contribution in [0.25, 0.3) is 0 Å². The standard InChI is InChI=1S/C12H17BrClNO2S2/c1-2-15-11(9-7-8(13)12(14)18-9)10-5-3-4-6-19(10,16)17/h7,10-11,15H,2-6H2,1H3. The molecule has 108 valence electrons. The average Bonchev–Trinajstić information content (AvgIpc) is 2.67. The molecule has 1 N–H and O–H groups in total. The highest BCUT2D eigenvalue weighted by atomic mass is 79.9. The van der Waals surface area contributed by atoms with E-state index in [4.69, 9.17) is 11.6 Å². The highest BCUT2D eigenvalue weighted by Crippen LogP contribution is 2.39. The molecule has 2 heterocycles. The van der Waals surface area contributed by atoms with Gasteiger partial charge in [-0.25, -0.2) is 8.42 Å². The summed E-state index contributed by atoms with van der Waals surface area (Å²) in [4.78, 5) is 0.995. The SMILES string of the molecule is CCNC(c1cc(Br)c(Cl)s1)C1CCCCS1(=O)=O. The van der Waals surface area contributed by atoms with Crippen LogP contribution in [-0.2, 0) is 9.84 Å². The van der Waals surface area contributed by atoms with Crippen molar-refractivity contribution in [2.24, 2.45) is 0 Å². The van der Waals surface area contributed by atoms with Gasteiger partial charge in [-0.2, -0.15) is 0 Å². The summed E-state index contributed by atoms with van der Waals surface area (Å²) < 4.78 is 26.1. The minimum absolute atomic E-state index is 0.149. The van der Waals surface area contributed by atoms with E-state index in [2.05, 4.69) is 21.2 Å². The Hall–Kier alpha value is 0.380. The average molecular weight is 387 g/mol. The van der Waals surface area contributed by atoms with Crippen LogP contribution in [0, 0.1) is 0 Å². The fourth-order valence-corrected chi connectivity index (χ4v) is 6.56. The van der Waals surface area contributed by atoms with Crippen molar-refractivity contribution in [1.29, 1.82) is 0 Å². The van der Waals surface area contributed by atoms with Crippen LogP contribution in [-0.4, -0.2) is 26.0 Å². The van der Waals surface area contributed by atoms with Crippen LogP contribution < -0.4 is 5.32 Å². The first-order valence-electron chi connectivity index (χ1n) is 6.35. The van der Waals surface area contributed by atoms with E-state index in [0.29, 0.717) is 10.1 Å². The molecule has 0 saturated carbocycles. The number of hydrogen-bond acceptors (Lipinski definition) is 4. The molecular weight excluding hydrogens is 370 g/mol. The first kappa shape index (κ1) is 15.8. The molecule has 19 heavy (non-hydrogen) atoms. The molecule has 1 fully saturated rings. The smallest absolute Gasteiger partial charge is 0.155 e. The molecule has 0 radical (unpaired) electrons. The van der Waals surface area contributed by atoms with E-state index in [1.807, 2.05) is 13.0 Å². The highest BCUT2D eigenvalue weighted by Gasteiger charge is 2.36. The van der Waals surface area contributed by atoms with Gasteiger partial charge < -0.3 is 5.32 Å². The van der Waals surface area contributed by atoms with Gasteiger partial charge in [0.1, 0.15) is 4.34 Å². The van der Waals surface area contributed by atoms with Crippen molar-refractivity contribution < 1.29 is 8.42 Å². The number of nitrogens with one attached hydrogen (secondary N) is 1. The Labute approximate surface area is 131 Å². The Balaban J connectivity index is 2.34. The van der Waals surface area contributed by atoms with Gasteiger partial charge in [-0.3, -0.25) is 0 Å². The Morgan fingerprint density at radius 3 is 2.84 bits per heavy atom. The van der Waals surface area contributed by atoms with E-state index in [1.165, 1.54) is 11.3 Å². The van der Waals surface area contributed by atoms with Gasteiger partial charge >= 0.3 is 0 Å².